The molecule has 0 aliphatic carbocycles. The minimum Gasteiger partial charge on any atom is -0.294 e. The lowest BCUT2D eigenvalue weighted by atomic mass is 10.0. The number of aromatic nitrogens is 2. The highest BCUT2D eigenvalue weighted by Gasteiger charge is 2.26. The molecule has 5 aromatic carbocycles. The van der Waals surface area contributed by atoms with Crippen LogP contribution in [0.5, 0.6) is 0 Å². The molecular formula is C37H28N4OS. The fourth-order valence-electron chi connectivity index (χ4n) is 5.97. The first-order valence-corrected chi connectivity index (χ1v) is 15.1. The van der Waals surface area contributed by atoms with E-state index in [0.717, 1.165) is 49.3 Å². The largest absolute Gasteiger partial charge is 0.294 e. The summed E-state index contributed by atoms with van der Waals surface area (Å²) in [5.41, 5.74) is 8.95. The smallest absolute Gasteiger partial charge is 0.138 e. The fourth-order valence-corrected chi connectivity index (χ4v) is 6.88. The summed E-state index contributed by atoms with van der Waals surface area (Å²) in [5, 5.41) is 6.10. The Kier molecular flexibility index (Phi) is 6.17. The number of fused-ring (bicyclic) bond motifs is 4. The Bertz CT molecular complexity index is 2150. The van der Waals surface area contributed by atoms with Crippen molar-refractivity contribution in [3.05, 3.63) is 139 Å². The predicted molar refractivity (Wildman–Crippen MR) is 177 cm³/mol. The zero-order chi connectivity index (χ0) is 28.9. The number of benzene rings is 5. The van der Waals surface area contributed by atoms with Gasteiger partial charge in [-0.1, -0.05) is 78.5 Å². The minimum atomic E-state index is 0.907. The highest BCUT2D eigenvalue weighted by Crippen LogP contribution is 2.42. The number of hydroxylamine groups is 1. The number of nitrogens with zero attached hydrogens (tertiary/aromatic N) is 4. The van der Waals surface area contributed by atoms with E-state index in [1.807, 2.05) is 30.4 Å². The Morgan fingerprint density at radius 1 is 0.651 bits per heavy atom. The molecule has 1 aliphatic heterocycles. The monoisotopic (exact) mass is 576 g/mol. The van der Waals surface area contributed by atoms with E-state index in [2.05, 4.69) is 127 Å². The van der Waals surface area contributed by atoms with Crippen LogP contribution in [0.3, 0.4) is 0 Å². The van der Waals surface area contributed by atoms with Crippen LogP contribution in [0.2, 0.25) is 0 Å². The van der Waals surface area contributed by atoms with E-state index in [4.69, 9.17) is 9.92 Å². The molecule has 0 N–H and O–H groups in total. The lowest BCUT2D eigenvalue weighted by molar-refractivity contribution is 0.142. The molecule has 0 radical (unpaired) electrons. The molecule has 0 saturated carbocycles. The Morgan fingerprint density at radius 3 is 2.33 bits per heavy atom. The number of para-hydroxylation sites is 3. The summed E-state index contributed by atoms with van der Waals surface area (Å²) in [6.07, 6.45) is 1.91. The molecule has 0 unspecified atom stereocenters. The fraction of sp³-hybridized carbons (Fsp3) is 0.0541. The van der Waals surface area contributed by atoms with Crippen molar-refractivity contribution in [3.8, 4) is 16.9 Å². The molecule has 0 atom stereocenters. The zero-order valence-electron chi connectivity index (χ0n) is 23.8. The predicted octanol–water partition coefficient (Wildman–Crippen LogP) is 9.74. The van der Waals surface area contributed by atoms with E-state index in [-0.39, 0.29) is 0 Å². The second kappa shape index (κ2) is 10.3. The van der Waals surface area contributed by atoms with Crippen molar-refractivity contribution >= 4 is 50.6 Å². The molecule has 5 nitrogen and oxygen atoms in total. The zero-order valence-corrected chi connectivity index (χ0v) is 24.6. The van der Waals surface area contributed by atoms with Gasteiger partial charge in [0, 0.05) is 33.8 Å². The van der Waals surface area contributed by atoms with Crippen LogP contribution in [0, 0.1) is 6.92 Å². The van der Waals surface area contributed by atoms with Gasteiger partial charge in [-0.05, 0) is 84.3 Å². The number of rotatable bonds is 5. The van der Waals surface area contributed by atoms with Crippen molar-refractivity contribution in [1.29, 1.82) is 0 Å². The third kappa shape index (κ3) is 4.43. The van der Waals surface area contributed by atoms with Crippen molar-refractivity contribution in [1.82, 2.24) is 9.55 Å². The first-order valence-electron chi connectivity index (χ1n) is 14.3. The lowest BCUT2D eigenvalue weighted by Crippen LogP contribution is -2.20. The summed E-state index contributed by atoms with van der Waals surface area (Å²) in [6, 6.07) is 44.8. The minimum absolute atomic E-state index is 0.907. The maximum absolute atomic E-state index is 6.08. The van der Waals surface area contributed by atoms with E-state index >= 15 is 0 Å². The van der Waals surface area contributed by atoms with Crippen molar-refractivity contribution in [2.45, 2.75) is 16.7 Å². The van der Waals surface area contributed by atoms with Gasteiger partial charge in [0.15, 0.2) is 0 Å². The van der Waals surface area contributed by atoms with Gasteiger partial charge in [-0.25, -0.2) is 10.0 Å². The van der Waals surface area contributed by atoms with Crippen LogP contribution in [0.15, 0.2) is 143 Å². The van der Waals surface area contributed by atoms with E-state index in [0.29, 0.717) is 0 Å². The van der Waals surface area contributed by atoms with Gasteiger partial charge in [-0.15, -0.1) is 4.94 Å². The van der Waals surface area contributed by atoms with Crippen LogP contribution in [-0.2, 0) is 4.94 Å². The third-order valence-electron chi connectivity index (χ3n) is 8.01. The van der Waals surface area contributed by atoms with Crippen LogP contribution in [-0.4, -0.2) is 16.6 Å². The van der Waals surface area contributed by atoms with Crippen molar-refractivity contribution in [3.63, 3.8) is 0 Å². The van der Waals surface area contributed by atoms with E-state index in [9.17, 15) is 0 Å². The van der Waals surface area contributed by atoms with Crippen molar-refractivity contribution in [2.75, 3.05) is 17.2 Å². The van der Waals surface area contributed by atoms with E-state index in [1.165, 1.54) is 21.9 Å². The van der Waals surface area contributed by atoms with E-state index in [1.54, 1.807) is 16.8 Å². The van der Waals surface area contributed by atoms with Gasteiger partial charge in [0.1, 0.15) is 5.82 Å². The molecule has 7 aromatic rings. The standard InChI is InChI=1S/C37H28N4OS/c1-25-10-3-4-13-30(25)26-20-21-38-37(22-26)40-33-15-6-5-14-31(33)32-19-18-29(24-36(32)40)43-28-12-9-11-27(23-28)41-35-17-8-7-16-34(35)39(2)42-41/h3-24H,1-2H3. The summed E-state index contributed by atoms with van der Waals surface area (Å²) < 4.78 is 2.29. The molecule has 43 heavy (non-hydrogen) atoms. The molecule has 1 aliphatic rings. The lowest BCUT2D eigenvalue weighted by Gasteiger charge is -2.18. The molecule has 208 valence electrons. The van der Waals surface area contributed by atoms with Crippen LogP contribution in [0.25, 0.3) is 38.8 Å². The number of anilines is 3. The number of aryl methyl sites for hydroxylation is 1. The second-order valence-electron chi connectivity index (χ2n) is 10.7. The van der Waals surface area contributed by atoms with E-state index < -0.39 is 0 Å². The highest BCUT2D eigenvalue weighted by molar-refractivity contribution is 7.99. The molecule has 6 heteroatoms. The van der Waals surface area contributed by atoms with Gasteiger partial charge in [0.25, 0.3) is 0 Å². The van der Waals surface area contributed by atoms with Gasteiger partial charge in [-0.3, -0.25) is 4.57 Å². The average Bonchev–Trinajstić information content (AvgIpc) is 3.56. The summed E-state index contributed by atoms with van der Waals surface area (Å²) in [5.74, 6) is 0.907. The normalized spacial score (nSPS) is 12.8. The molecule has 0 saturated heterocycles. The molecule has 2 aromatic heterocycles. The number of hydrogen-bond donors (Lipinski definition) is 0. The van der Waals surface area contributed by atoms with Crippen molar-refractivity contribution < 1.29 is 4.94 Å². The Morgan fingerprint density at radius 2 is 1.42 bits per heavy atom. The number of pyridine rings is 1. The van der Waals surface area contributed by atoms with Crippen LogP contribution >= 0.6 is 11.8 Å². The molecule has 8 rings (SSSR count). The first kappa shape index (κ1) is 25.7. The Hall–Kier alpha value is -5.04. The second-order valence-corrected chi connectivity index (χ2v) is 11.9. The van der Waals surface area contributed by atoms with Crippen LogP contribution < -0.4 is 10.1 Å². The summed E-state index contributed by atoms with van der Waals surface area (Å²) in [4.78, 5) is 13.2. The van der Waals surface area contributed by atoms with Gasteiger partial charge in [0.2, 0.25) is 0 Å². The molecular weight excluding hydrogens is 549 g/mol. The van der Waals surface area contributed by atoms with Gasteiger partial charge < -0.3 is 0 Å². The molecule has 0 fully saturated rings. The quantitative estimate of drug-likeness (QED) is 0.204. The van der Waals surface area contributed by atoms with Crippen LogP contribution in [0.4, 0.5) is 17.1 Å². The SMILES string of the molecule is Cc1ccccc1-c1ccnc(-n2c3ccccc3c3ccc(Sc4cccc(N5ON(C)c6ccccc65)c4)cc32)c1. The van der Waals surface area contributed by atoms with Crippen molar-refractivity contribution in [2.24, 2.45) is 0 Å². The average molecular weight is 577 g/mol. The molecule has 0 spiro atoms. The maximum Gasteiger partial charge on any atom is 0.138 e. The summed E-state index contributed by atoms with van der Waals surface area (Å²) in [6.45, 7) is 2.15. The molecule has 3 heterocycles. The Labute approximate surface area is 254 Å². The summed E-state index contributed by atoms with van der Waals surface area (Å²) in [7, 11) is 1.93. The summed E-state index contributed by atoms with van der Waals surface area (Å²) >= 11 is 1.74. The molecule has 0 amide bonds. The highest BCUT2D eigenvalue weighted by atomic mass is 32.2. The molecule has 0 bridgehead atoms. The van der Waals surface area contributed by atoms with Gasteiger partial charge >= 0.3 is 0 Å². The third-order valence-corrected chi connectivity index (χ3v) is 8.99. The van der Waals surface area contributed by atoms with Crippen LogP contribution in [0.1, 0.15) is 5.56 Å². The van der Waals surface area contributed by atoms with Gasteiger partial charge in [0.05, 0.1) is 28.1 Å². The van der Waals surface area contributed by atoms with Gasteiger partial charge in [-0.2, -0.15) is 5.06 Å². The maximum atomic E-state index is 6.08. The Balaban J connectivity index is 1.20. The number of hydrogen-bond acceptors (Lipinski definition) is 5. The first-order chi connectivity index (χ1) is 21.1. The topological polar surface area (TPSA) is 33.5 Å².